The first-order valence-electron chi connectivity index (χ1n) is 6.74. The van der Waals surface area contributed by atoms with Gasteiger partial charge >= 0.3 is 0 Å². The molecular weight excluding hydrogens is 236 g/mol. The van der Waals surface area contributed by atoms with Crippen molar-refractivity contribution in [1.29, 1.82) is 0 Å². The second-order valence-electron chi connectivity index (χ2n) is 5.36. The minimum absolute atomic E-state index is 0. The molecular formula is C13H25ClN2O. The van der Waals surface area contributed by atoms with Gasteiger partial charge in [0.2, 0.25) is 5.91 Å². The van der Waals surface area contributed by atoms with Crippen LogP contribution in [0.25, 0.3) is 0 Å². The van der Waals surface area contributed by atoms with E-state index < -0.39 is 0 Å². The molecule has 4 heteroatoms. The van der Waals surface area contributed by atoms with Gasteiger partial charge in [-0.1, -0.05) is 19.3 Å². The average molecular weight is 261 g/mol. The van der Waals surface area contributed by atoms with Crippen LogP contribution in [-0.4, -0.2) is 37.0 Å². The fourth-order valence-corrected chi connectivity index (χ4v) is 2.96. The molecule has 0 unspecified atom stereocenters. The molecule has 1 aliphatic carbocycles. The number of likely N-dealkylation sites (N-methyl/N-ethyl adjacent to an activating group) is 1. The van der Waals surface area contributed by atoms with Gasteiger partial charge in [0.15, 0.2) is 0 Å². The zero-order valence-electron chi connectivity index (χ0n) is 10.8. The molecule has 1 N–H and O–H groups in total. The van der Waals surface area contributed by atoms with Crippen LogP contribution in [0.3, 0.4) is 0 Å². The Kier molecular flexibility index (Phi) is 6.28. The molecule has 1 heterocycles. The number of rotatable bonds is 3. The van der Waals surface area contributed by atoms with Crippen LogP contribution in [0, 0.1) is 5.92 Å². The highest BCUT2D eigenvalue weighted by Gasteiger charge is 2.25. The molecule has 1 amide bonds. The number of nitrogens with zero attached hydrogens (tertiary/aromatic N) is 1. The SMILES string of the molecule is CN(C(=O)CC1CCCCC1)[C@@H]1CCNC1.Cl. The minimum atomic E-state index is 0. The summed E-state index contributed by atoms with van der Waals surface area (Å²) in [5.41, 5.74) is 0. The first-order valence-corrected chi connectivity index (χ1v) is 6.74. The van der Waals surface area contributed by atoms with Crippen LogP contribution in [0.5, 0.6) is 0 Å². The molecule has 100 valence electrons. The zero-order valence-corrected chi connectivity index (χ0v) is 11.6. The molecule has 1 atom stereocenters. The maximum atomic E-state index is 12.1. The number of carbonyl (C=O) groups is 1. The van der Waals surface area contributed by atoms with Crippen molar-refractivity contribution in [3.63, 3.8) is 0 Å². The molecule has 3 nitrogen and oxygen atoms in total. The predicted octanol–water partition coefficient (Wildman–Crippen LogP) is 2.20. The summed E-state index contributed by atoms with van der Waals surface area (Å²) < 4.78 is 0. The third kappa shape index (κ3) is 4.14. The Balaban J connectivity index is 0.00000144. The summed E-state index contributed by atoms with van der Waals surface area (Å²) in [5.74, 6) is 1.03. The Bertz CT molecular complexity index is 236. The largest absolute Gasteiger partial charge is 0.341 e. The molecule has 0 spiro atoms. The monoisotopic (exact) mass is 260 g/mol. The standard InChI is InChI=1S/C13H24N2O.ClH/c1-15(12-7-8-14-10-12)13(16)9-11-5-3-2-4-6-11;/h11-12,14H,2-10H2,1H3;1H/t12-;/m1./s1. The smallest absolute Gasteiger partial charge is 0.222 e. The summed E-state index contributed by atoms with van der Waals surface area (Å²) in [5, 5.41) is 3.32. The van der Waals surface area contributed by atoms with Crippen LogP contribution in [0.2, 0.25) is 0 Å². The summed E-state index contributed by atoms with van der Waals surface area (Å²) in [6, 6.07) is 0.441. The lowest BCUT2D eigenvalue weighted by Crippen LogP contribution is -2.39. The normalized spacial score (nSPS) is 25.4. The van der Waals surface area contributed by atoms with E-state index in [1.807, 2.05) is 11.9 Å². The molecule has 2 rings (SSSR count). The molecule has 1 aliphatic heterocycles. The van der Waals surface area contributed by atoms with Crippen molar-refractivity contribution in [3.8, 4) is 0 Å². The summed E-state index contributed by atoms with van der Waals surface area (Å²) >= 11 is 0. The van der Waals surface area contributed by atoms with E-state index in [1.165, 1.54) is 32.1 Å². The highest BCUT2D eigenvalue weighted by molar-refractivity contribution is 5.85. The van der Waals surface area contributed by atoms with Crippen LogP contribution >= 0.6 is 12.4 Å². The molecule has 1 saturated carbocycles. The molecule has 1 saturated heterocycles. The number of hydrogen-bond acceptors (Lipinski definition) is 2. The first kappa shape index (κ1) is 14.8. The Morgan fingerprint density at radius 1 is 1.24 bits per heavy atom. The molecule has 0 bridgehead atoms. The maximum absolute atomic E-state index is 12.1. The van der Waals surface area contributed by atoms with Crippen molar-refractivity contribution < 1.29 is 4.79 Å². The van der Waals surface area contributed by atoms with Gasteiger partial charge < -0.3 is 10.2 Å². The summed E-state index contributed by atoms with van der Waals surface area (Å²) in [6.45, 7) is 2.04. The van der Waals surface area contributed by atoms with Crippen molar-refractivity contribution in [2.24, 2.45) is 5.92 Å². The van der Waals surface area contributed by atoms with Crippen LogP contribution in [0.4, 0.5) is 0 Å². The van der Waals surface area contributed by atoms with Gasteiger partial charge in [-0.05, 0) is 31.7 Å². The highest BCUT2D eigenvalue weighted by Crippen LogP contribution is 2.27. The molecule has 0 radical (unpaired) electrons. The highest BCUT2D eigenvalue weighted by atomic mass is 35.5. The van der Waals surface area contributed by atoms with Gasteiger partial charge in [0, 0.05) is 26.1 Å². The van der Waals surface area contributed by atoms with Crippen molar-refractivity contribution in [3.05, 3.63) is 0 Å². The Labute approximate surface area is 111 Å². The number of nitrogens with one attached hydrogen (secondary N) is 1. The van der Waals surface area contributed by atoms with E-state index >= 15 is 0 Å². The van der Waals surface area contributed by atoms with Gasteiger partial charge in [0.05, 0.1) is 0 Å². The van der Waals surface area contributed by atoms with Gasteiger partial charge in [-0.25, -0.2) is 0 Å². The second kappa shape index (κ2) is 7.22. The van der Waals surface area contributed by atoms with Gasteiger partial charge in [0.1, 0.15) is 0 Å². The van der Waals surface area contributed by atoms with E-state index in [1.54, 1.807) is 0 Å². The van der Waals surface area contributed by atoms with Gasteiger partial charge in [-0.15, -0.1) is 12.4 Å². The van der Waals surface area contributed by atoms with E-state index in [2.05, 4.69) is 5.32 Å². The Morgan fingerprint density at radius 2 is 1.94 bits per heavy atom. The van der Waals surface area contributed by atoms with Crippen LogP contribution < -0.4 is 5.32 Å². The Morgan fingerprint density at radius 3 is 2.53 bits per heavy atom. The number of carbonyl (C=O) groups excluding carboxylic acids is 1. The zero-order chi connectivity index (χ0) is 11.4. The van der Waals surface area contributed by atoms with Crippen LogP contribution in [0.15, 0.2) is 0 Å². The summed E-state index contributed by atoms with van der Waals surface area (Å²) in [6.07, 6.45) is 8.46. The van der Waals surface area contributed by atoms with Crippen LogP contribution in [0.1, 0.15) is 44.9 Å². The maximum Gasteiger partial charge on any atom is 0.222 e. The van der Waals surface area contributed by atoms with E-state index in [0.717, 1.165) is 25.9 Å². The summed E-state index contributed by atoms with van der Waals surface area (Å²) in [7, 11) is 1.98. The molecule has 0 aromatic heterocycles. The topological polar surface area (TPSA) is 32.3 Å². The van der Waals surface area contributed by atoms with Gasteiger partial charge in [0.25, 0.3) is 0 Å². The third-order valence-corrected chi connectivity index (χ3v) is 4.16. The third-order valence-electron chi connectivity index (χ3n) is 4.16. The fraction of sp³-hybridized carbons (Fsp3) is 0.923. The quantitative estimate of drug-likeness (QED) is 0.844. The first-order chi connectivity index (χ1) is 7.77. The number of amides is 1. The average Bonchev–Trinajstić information content (AvgIpc) is 2.83. The fourth-order valence-electron chi connectivity index (χ4n) is 2.96. The van der Waals surface area contributed by atoms with Gasteiger partial charge in [-0.3, -0.25) is 4.79 Å². The number of hydrogen-bond donors (Lipinski definition) is 1. The lowest BCUT2D eigenvalue weighted by Gasteiger charge is -2.27. The van der Waals surface area contributed by atoms with Crippen molar-refractivity contribution >= 4 is 18.3 Å². The summed E-state index contributed by atoms with van der Waals surface area (Å²) in [4.78, 5) is 14.1. The van der Waals surface area contributed by atoms with E-state index in [4.69, 9.17) is 0 Å². The van der Waals surface area contributed by atoms with E-state index in [9.17, 15) is 4.79 Å². The van der Waals surface area contributed by atoms with Crippen molar-refractivity contribution in [2.45, 2.75) is 51.0 Å². The van der Waals surface area contributed by atoms with E-state index in [-0.39, 0.29) is 12.4 Å². The number of halogens is 1. The van der Waals surface area contributed by atoms with E-state index in [0.29, 0.717) is 17.9 Å². The molecule has 17 heavy (non-hydrogen) atoms. The lowest BCUT2D eigenvalue weighted by molar-refractivity contribution is -0.132. The molecule has 0 aromatic carbocycles. The molecule has 0 aromatic rings. The minimum Gasteiger partial charge on any atom is -0.341 e. The predicted molar refractivity (Wildman–Crippen MR) is 72.5 cm³/mol. The molecule has 2 aliphatic rings. The van der Waals surface area contributed by atoms with Crippen molar-refractivity contribution in [1.82, 2.24) is 10.2 Å². The Hall–Kier alpha value is -0.280. The molecule has 2 fully saturated rings. The van der Waals surface area contributed by atoms with Crippen molar-refractivity contribution in [2.75, 3.05) is 20.1 Å². The van der Waals surface area contributed by atoms with Gasteiger partial charge in [-0.2, -0.15) is 0 Å². The van der Waals surface area contributed by atoms with Crippen LogP contribution in [-0.2, 0) is 4.79 Å². The lowest BCUT2D eigenvalue weighted by atomic mass is 9.86. The second-order valence-corrected chi connectivity index (χ2v) is 5.36.